The molecule has 0 bridgehead atoms. The number of ether oxygens (including phenoxy) is 1. The molecule has 0 saturated heterocycles. The molecule has 19 heavy (non-hydrogen) atoms. The van der Waals surface area contributed by atoms with Crippen molar-refractivity contribution in [2.45, 2.75) is 32.4 Å². The van der Waals surface area contributed by atoms with Gasteiger partial charge in [0.1, 0.15) is 17.9 Å². The molecule has 0 radical (unpaired) electrons. The van der Waals surface area contributed by atoms with Crippen molar-refractivity contribution in [1.82, 2.24) is 5.32 Å². The molecule has 0 aliphatic rings. The van der Waals surface area contributed by atoms with Crippen molar-refractivity contribution >= 4 is 39.9 Å². The topological polar surface area (TPSA) is 55.4 Å². The molecular formula is C13H15BrClNO3. The maximum Gasteiger partial charge on any atom is 0.408 e. The summed E-state index contributed by atoms with van der Waals surface area (Å²) in [5.41, 5.74) is -0.0448. The van der Waals surface area contributed by atoms with E-state index in [-0.39, 0.29) is 0 Å². The molecule has 4 nitrogen and oxygen atoms in total. The molecule has 0 spiro atoms. The predicted octanol–water partition coefficient (Wildman–Crippen LogP) is 3.87. The van der Waals surface area contributed by atoms with E-state index in [9.17, 15) is 9.59 Å². The van der Waals surface area contributed by atoms with E-state index >= 15 is 0 Å². The van der Waals surface area contributed by atoms with Crippen LogP contribution in [0.2, 0.25) is 5.02 Å². The van der Waals surface area contributed by atoms with E-state index < -0.39 is 17.7 Å². The SMILES string of the molecule is CC(C)(C)OC(=O)NC(C=O)c1cc(Cl)ccc1Br. The number of aldehydes is 1. The number of hydrogen-bond donors (Lipinski definition) is 1. The molecule has 1 amide bonds. The molecule has 0 saturated carbocycles. The van der Waals surface area contributed by atoms with E-state index in [0.29, 0.717) is 21.3 Å². The molecular weight excluding hydrogens is 334 g/mol. The zero-order valence-corrected chi connectivity index (χ0v) is 13.2. The highest BCUT2D eigenvalue weighted by Gasteiger charge is 2.21. The molecule has 6 heteroatoms. The first-order valence-corrected chi connectivity index (χ1v) is 6.80. The summed E-state index contributed by atoms with van der Waals surface area (Å²) in [5.74, 6) is 0. The predicted molar refractivity (Wildman–Crippen MR) is 77.3 cm³/mol. The number of benzene rings is 1. The molecule has 104 valence electrons. The second-order valence-corrected chi connectivity index (χ2v) is 6.22. The Bertz CT molecular complexity index is 485. The number of halogens is 2. The molecule has 0 fully saturated rings. The number of hydrogen-bond acceptors (Lipinski definition) is 3. The normalized spacial score (nSPS) is 12.7. The Morgan fingerprint density at radius 2 is 2.11 bits per heavy atom. The van der Waals surface area contributed by atoms with Crippen LogP contribution in [0, 0.1) is 0 Å². The van der Waals surface area contributed by atoms with Gasteiger partial charge in [-0.1, -0.05) is 27.5 Å². The fourth-order valence-electron chi connectivity index (χ4n) is 1.37. The van der Waals surface area contributed by atoms with Gasteiger partial charge in [-0.2, -0.15) is 0 Å². The van der Waals surface area contributed by atoms with Crippen LogP contribution in [0.4, 0.5) is 4.79 Å². The zero-order valence-electron chi connectivity index (χ0n) is 10.9. The van der Waals surface area contributed by atoms with Crippen molar-refractivity contribution in [1.29, 1.82) is 0 Å². The molecule has 1 unspecified atom stereocenters. The van der Waals surface area contributed by atoms with Crippen LogP contribution in [-0.2, 0) is 9.53 Å². The van der Waals surface area contributed by atoms with E-state index in [1.165, 1.54) is 0 Å². The van der Waals surface area contributed by atoms with Crippen molar-refractivity contribution in [2.24, 2.45) is 0 Å². The third kappa shape index (κ3) is 5.20. The van der Waals surface area contributed by atoms with Gasteiger partial charge >= 0.3 is 6.09 Å². The van der Waals surface area contributed by atoms with Gasteiger partial charge in [-0.25, -0.2) is 4.79 Å². The fraction of sp³-hybridized carbons (Fsp3) is 0.385. The van der Waals surface area contributed by atoms with E-state index in [4.69, 9.17) is 16.3 Å². The number of alkyl carbamates (subject to hydrolysis) is 1. The fourth-order valence-corrected chi connectivity index (χ4v) is 2.05. The lowest BCUT2D eigenvalue weighted by Crippen LogP contribution is -2.35. The average molecular weight is 349 g/mol. The zero-order chi connectivity index (χ0) is 14.6. The minimum Gasteiger partial charge on any atom is -0.444 e. The maximum absolute atomic E-state index is 11.7. The number of carbonyl (C=O) groups excluding carboxylic acids is 2. The molecule has 1 atom stereocenters. The lowest BCUT2D eigenvalue weighted by molar-refractivity contribution is -0.109. The van der Waals surface area contributed by atoms with Crippen molar-refractivity contribution in [3.63, 3.8) is 0 Å². The Morgan fingerprint density at radius 3 is 2.63 bits per heavy atom. The summed E-state index contributed by atoms with van der Waals surface area (Å²) in [6, 6.07) is 4.19. The van der Waals surface area contributed by atoms with Crippen molar-refractivity contribution < 1.29 is 14.3 Å². The smallest absolute Gasteiger partial charge is 0.408 e. The lowest BCUT2D eigenvalue weighted by Gasteiger charge is -2.22. The number of amides is 1. The van der Waals surface area contributed by atoms with Crippen molar-refractivity contribution in [3.8, 4) is 0 Å². The lowest BCUT2D eigenvalue weighted by atomic mass is 10.1. The molecule has 1 N–H and O–H groups in total. The first-order valence-electron chi connectivity index (χ1n) is 5.62. The van der Waals surface area contributed by atoms with Crippen LogP contribution < -0.4 is 5.32 Å². The van der Waals surface area contributed by atoms with Crippen molar-refractivity contribution in [3.05, 3.63) is 33.3 Å². The summed E-state index contributed by atoms with van der Waals surface area (Å²) in [7, 11) is 0. The highest BCUT2D eigenvalue weighted by Crippen LogP contribution is 2.26. The Balaban J connectivity index is 2.87. The summed E-state index contributed by atoms with van der Waals surface area (Å²) in [5, 5.41) is 2.97. The molecule has 0 aliphatic heterocycles. The first-order chi connectivity index (χ1) is 8.73. The van der Waals surface area contributed by atoms with Crippen LogP contribution in [0.1, 0.15) is 32.4 Å². The summed E-state index contributed by atoms with van der Waals surface area (Å²) in [6.45, 7) is 5.24. The molecule has 1 aromatic carbocycles. The Morgan fingerprint density at radius 1 is 1.47 bits per heavy atom. The van der Waals surface area contributed by atoms with Crippen LogP contribution in [0.3, 0.4) is 0 Å². The Hall–Kier alpha value is -1.07. The summed E-state index contributed by atoms with van der Waals surface area (Å²) < 4.78 is 5.79. The molecule has 1 rings (SSSR count). The number of nitrogens with one attached hydrogen (secondary N) is 1. The van der Waals surface area contributed by atoms with Gasteiger partial charge in [-0.3, -0.25) is 0 Å². The van der Waals surface area contributed by atoms with Gasteiger partial charge < -0.3 is 14.8 Å². The van der Waals surface area contributed by atoms with Crippen LogP contribution in [0.15, 0.2) is 22.7 Å². The van der Waals surface area contributed by atoms with Gasteiger partial charge in [-0.15, -0.1) is 0 Å². The summed E-state index contributed by atoms with van der Waals surface area (Å²) in [4.78, 5) is 22.8. The minimum absolute atomic E-state index is 0.482. The van der Waals surface area contributed by atoms with Crippen LogP contribution in [-0.4, -0.2) is 18.0 Å². The summed E-state index contributed by atoms with van der Waals surface area (Å²) >= 11 is 9.19. The largest absolute Gasteiger partial charge is 0.444 e. The molecule has 0 aromatic heterocycles. The van der Waals surface area contributed by atoms with E-state index in [1.807, 2.05) is 0 Å². The second kappa shape index (κ2) is 6.39. The van der Waals surface area contributed by atoms with Crippen LogP contribution >= 0.6 is 27.5 Å². The van der Waals surface area contributed by atoms with Crippen LogP contribution in [0.5, 0.6) is 0 Å². The van der Waals surface area contributed by atoms with E-state index in [0.717, 1.165) is 0 Å². The highest BCUT2D eigenvalue weighted by atomic mass is 79.9. The van der Waals surface area contributed by atoms with Crippen LogP contribution in [0.25, 0.3) is 0 Å². The maximum atomic E-state index is 11.7. The summed E-state index contributed by atoms with van der Waals surface area (Å²) in [6.07, 6.45) is -0.0307. The van der Waals surface area contributed by atoms with Gasteiger partial charge in [-0.05, 0) is 44.5 Å². The van der Waals surface area contributed by atoms with Crippen molar-refractivity contribution in [2.75, 3.05) is 0 Å². The standard InChI is InChI=1S/C13H15BrClNO3/c1-13(2,3)19-12(18)16-11(7-17)9-6-8(15)4-5-10(9)14/h4-7,11H,1-3H3,(H,16,18). The molecule has 0 heterocycles. The van der Waals surface area contributed by atoms with E-state index in [1.54, 1.807) is 39.0 Å². The van der Waals surface area contributed by atoms with Gasteiger partial charge in [0.25, 0.3) is 0 Å². The van der Waals surface area contributed by atoms with Gasteiger partial charge in [0, 0.05) is 9.50 Å². The third-order valence-electron chi connectivity index (χ3n) is 2.10. The monoisotopic (exact) mass is 347 g/mol. The highest BCUT2D eigenvalue weighted by molar-refractivity contribution is 9.10. The average Bonchev–Trinajstić information content (AvgIpc) is 2.27. The quantitative estimate of drug-likeness (QED) is 0.844. The molecule has 0 aliphatic carbocycles. The van der Waals surface area contributed by atoms with Gasteiger partial charge in [0.2, 0.25) is 0 Å². The van der Waals surface area contributed by atoms with Gasteiger partial charge in [0.05, 0.1) is 0 Å². The Kier molecular flexibility index (Phi) is 5.38. The minimum atomic E-state index is -0.817. The first kappa shape index (κ1) is 16.0. The Labute approximate surface area is 125 Å². The second-order valence-electron chi connectivity index (χ2n) is 4.93. The van der Waals surface area contributed by atoms with E-state index in [2.05, 4.69) is 21.2 Å². The molecule has 1 aromatic rings. The third-order valence-corrected chi connectivity index (χ3v) is 3.06. The number of carbonyl (C=O) groups is 2. The number of rotatable bonds is 3. The van der Waals surface area contributed by atoms with Gasteiger partial charge in [0.15, 0.2) is 0 Å².